The van der Waals surface area contributed by atoms with E-state index in [-0.39, 0.29) is 0 Å². The third-order valence-electron chi connectivity index (χ3n) is 5.05. The summed E-state index contributed by atoms with van der Waals surface area (Å²) in [5.74, 6) is 0.649. The average Bonchev–Trinajstić information content (AvgIpc) is 2.91. The molecule has 130 valence electrons. The molecule has 0 amide bonds. The number of fused-ring (bicyclic) bond motifs is 1. The van der Waals surface area contributed by atoms with Crippen LogP contribution in [0.3, 0.4) is 0 Å². The quantitative estimate of drug-likeness (QED) is 0.596. The van der Waals surface area contributed by atoms with Crippen LogP contribution in [0.25, 0.3) is 11.0 Å². The molecule has 4 nitrogen and oxygen atoms in total. The van der Waals surface area contributed by atoms with E-state index in [2.05, 4.69) is 60.3 Å². The van der Waals surface area contributed by atoms with Crippen LogP contribution in [0.15, 0.2) is 24.5 Å². The second-order valence-electron chi connectivity index (χ2n) is 8.35. The number of pyridine rings is 1. The molecular formula is C18H30BN3OSi. The van der Waals surface area contributed by atoms with E-state index in [4.69, 9.17) is 4.74 Å². The van der Waals surface area contributed by atoms with Gasteiger partial charge in [0.2, 0.25) is 0 Å². The Balaban J connectivity index is 1.74. The maximum Gasteiger partial charge on any atom is 0.185 e. The minimum atomic E-state index is -1.03. The molecule has 0 radical (unpaired) electrons. The molecule has 2 aromatic rings. The third-order valence-corrected chi connectivity index (χ3v) is 6.75. The number of ether oxygens (including phenoxy) is 1. The van der Waals surface area contributed by atoms with Crippen molar-refractivity contribution in [3.63, 3.8) is 0 Å². The van der Waals surface area contributed by atoms with Crippen molar-refractivity contribution in [3.8, 4) is 0 Å². The number of hydrogen-bond donors (Lipinski definition) is 0. The zero-order valence-electron chi connectivity index (χ0n) is 15.6. The maximum atomic E-state index is 5.97. The van der Waals surface area contributed by atoms with Gasteiger partial charge in [-0.2, -0.15) is 0 Å². The highest BCUT2D eigenvalue weighted by molar-refractivity contribution is 6.76. The van der Waals surface area contributed by atoms with Crippen molar-refractivity contribution in [1.29, 1.82) is 0 Å². The lowest BCUT2D eigenvalue weighted by atomic mass is 9.88. The summed E-state index contributed by atoms with van der Waals surface area (Å²) < 4.78 is 8.17. The van der Waals surface area contributed by atoms with E-state index >= 15 is 0 Å². The Kier molecular flexibility index (Phi) is 5.47. The molecule has 0 saturated carbocycles. The van der Waals surface area contributed by atoms with E-state index in [0.29, 0.717) is 12.6 Å². The van der Waals surface area contributed by atoms with Gasteiger partial charge in [-0.05, 0) is 55.6 Å². The first-order valence-corrected chi connectivity index (χ1v) is 12.8. The lowest BCUT2D eigenvalue weighted by Crippen LogP contribution is -2.30. The molecule has 0 atom stereocenters. The lowest BCUT2D eigenvalue weighted by molar-refractivity contribution is 0.0897. The predicted octanol–water partition coefficient (Wildman–Crippen LogP) is 3.08. The van der Waals surface area contributed by atoms with Crippen LogP contribution in [-0.4, -0.2) is 50.1 Å². The monoisotopic (exact) mass is 343 g/mol. The van der Waals surface area contributed by atoms with Crippen LogP contribution in [-0.2, 0) is 11.5 Å². The van der Waals surface area contributed by atoms with E-state index in [1.807, 2.05) is 6.20 Å². The Morgan fingerprint density at radius 1 is 1.29 bits per heavy atom. The molecule has 6 heteroatoms. The van der Waals surface area contributed by atoms with Gasteiger partial charge in [0.25, 0.3) is 0 Å². The summed E-state index contributed by atoms with van der Waals surface area (Å²) in [7, 11) is 1.18. The van der Waals surface area contributed by atoms with Crippen molar-refractivity contribution >= 4 is 27.1 Å². The summed E-state index contributed by atoms with van der Waals surface area (Å²) >= 11 is 0. The van der Waals surface area contributed by atoms with Gasteiger partial charge >= 0.3 is 0 Å². The smallest absolute Gasteiger partial charge is 0.185 e. The first kappa shape index (κ1) is 17.7. The first-order valence-electron chi connectivity index (χ1n) is 9.14. The van der Waals surface area contributed by atoms with Gasteiger partial charge in [-0.25, -0.2) is 4.98 Å². The number of hydrogen-bond acceptors (Lipinski definition) is 3. The van der Waals surface area contributed by atoms with Crippen LogP contribution in [0.5, 0.6) is 0 Å². The summed E-state index contributed by atoms with van der Waals surface area (Å²) in [6.07, 6.45) is 6.66. The van der Waals surface area contributed by atoms with Crippen molar-refractivity contribution in [2.75, 3.05) is 19.7 Å². The standard InChI is InChI=1S/C18H30BN3OSi/c1-24(2,3)12-11-23-14-21-13-17(15-6-9-22(19)10-7-15)16-5-4-8-20-18(16)21/h4-5,8,13,15H,6-7,9-12,14,19H2,1-3H3. The molecule has 0 aromatic carbocycles. The summed E-state index contributed by atoms with van der Waals surface area (Å²) in [5.41, 5.74) is 2.53. The highest BCUT2D eigenvalue weighted by atomic mass is 28.3. The summed E-state index contributed by atoms with van der Waals surface area (Å²) in [6.45, 7) is 11.0. The molecule has 24 heavy (non-hydrogen) atoms. The van der Waals surface area contributed by atoms with E-state index in [9.17, 15) is 0 Å². The molecule has 1 fully saturated rings. The van der Waals surface area contributed by atoms with Crippen molar-refractivity contribution in [2.24, 2.45) is 0 Å². The summed E-state index contributed by atoms with van der Waals surface area (Å²) in [6, 6.07) is 5.48. The van der Waals surface area contributed by atoms with Gasteiger partial charge in [0.05, 0.1) is 0 Å². The number of nitrogens with zero attached hydrogens (tertiary/aromatic N) is 3. The Hall–Kier alpha value is -1.11. The van der Waals surface area contributed by atoms with Gasteiger partial charge in [0, 0.05) is 32.5 Å². The van der Waals surface area contributed by atoms with Gasteiger partial charge in [0.15, 0.2) is 7.98 Å². The normalized spacial score (nSPS) is 17.6. The van der Waals surface area contributed by atoms with E-state index < -0.39 is 8.07 Å². The SMILES string of the molecule is BN1CCC(c2cn(COCC[Si](C)(C)C)c3ncccc23)CC1. The molecule has 0 aliphatic carbocycles. The minimum Gasteiger partial charge on any atom is -0.361 e. The topological polar surface area (TPSA) is 30.3 Å². The van der Waals surface area contributed by atoms with Crippen LogP contribution in [0.2, 0.25) is 25.7 Å². The zero-order valence-corrected chi connectivity index (χ0v) is 16.6. The van der Waals surface area contributed by atoms with Gasteiger partial charge in [-0.1, -0.05) is 19.6 Å². The second kappa shape index (κ2) is 7.42. The largest absolute Gasteiger partial charge is 0.361 e. The van der Waals surface area contributed by atoms with Crippen LogP contribution >= 0.6 is 0 Å². The minimum absolute atomic E-state index is 0.616. The fourth-order valence-electron chi connectivity index (χ4n) is 3.43. The van der Waals surface area contributed by atoms with E-state index in [0.717, 1.165) is 12.3 Å². The zero-order chi connectivity index (χ0) is 17.2. The highest BCUT2D eigenvalue weighted by Crippen LogP contribution is 2.33. The summed E-state index contributed by atoms with van der Waals surface area (Å²) in [5, 5.41) is 1.31. The third kappa shape index (κ3) is 4.29. The molecule has 0 bridgehead atoms. The first-order chi connectivity index (χ1) is 11.4. The molecule has 1 saturated heterocycles. The fraction of sp³-hybridized carbons (Fsp3) is 0.611. The van der Waals surface area contributed by atoms with Crippen molar-refractivity contribution < 1.29 is 4.74 Å². The fourth-order valence-corrected chi connectivity index (χ4v) is 4.19. The van der Waals surface area contributed by atoms with Crippen molar-refractivity contribution in [1.82, 2.24) is 14.4 Å². The number of rotatable bonds is 6. The molecule has 1 aliphatic heterocycles. The molecule has 0 spiro atoms. The average molecular weight is 343 g/mol. The Labute approximate surface area is 147 Å². The number of aromatic nitrogens is 2. The predicted molar refractivity (Wildman–Crippen MR) is 106 cm³/mol. The highest BCUT2D eigenvalue weighted by Gasteiger charge is 2.22. The van der Waals surface area contributed by atoms with Gasteiger partial charge in [-0.15, -0.1) is 0 Å². The van der Waals surface area contributed by atoms with Crippen LogP contribution in [0, 0.1) is 0 Å². The molecule has 3 rings (SSSR count). The maximum absolute atomic E-state index is 5.97. The van der Waals surface area contributed by atoms with Gasteiger partial charge in [-0.3, -0.25) is 0 Å². The molecule has 2 aromatic heterocycles. The Morgan fingerprint density at radius 2 is 2.04 bits per heavy atom. The van der Waals surface area contributed by atoms with E-state index in [1.165, 1.54) is 42.9 Å². The molecule has 1 aliphatic rings. The molecular weight excluding hydrogens is 313 g/mol. The Bertz CT molecular complexity index is 674. The van der Waals surface area contributed by atoms with Crippen molar-refractivity contribution in [3.05, 3.63) is 30.1 Å². The second-order valence-corrected chi connectivity index (χ2v) is 14.0. The number of piperidine rings is 1. The van der Waals surface area contributed by atoms with Crippen LogP contribution in [0.1, 0.15) is 24.3 Å². The van der Waals surface area contributed by atoms with Crippen LogP contribution in [0.4, 0.5) is 0 Å². The molecule has 0 N–H and O–H groups in total. The summed E-state index contributed by atoms with van der Waals surface area (Å²) in [4.78, 5) is 7.04. The van der Waals surface area contributed by atoms with Gasteiger partial charge < -0.3 is 14.1 Å². The van der Waals surface area contributed by atoms with Crippen LogP contribution < -0.4 is 0 Å². The molecule has 0 unspecified atom stereocenters. The lowest BCUT2D eigenvalue weighted by Gasteiger charge is -2.29. The van der Waals surface area contributed by atoms with Crippen molar-refractivity contribution in [2.45, 2.75) is 51.2 Å². The Morgan fingerprint density at radius 3 is 2.75 bits per heavy atom. The van der Waals surface area contributed by atoms with Gasteiger partial charge in [0.1, 0.15) is 12.4 Å². The van der Waals surface area contributed by atoms with E-state index in [1.54, 1.807) is 0 Å². The molecule has 3 heterocycles.